The lowest BCUT2D eigenvalue weighted by atomic mass is 10.0. The first-order valence-electron chi connectivity index (χ1n) is 11.1. The van der Waals surface area contributed by atoms with Crippen molar-refractivity contribution >= 4 is 53.5 Å². The third-order valence-electron chi connectivity index (χ3n) is 5.70. The maximum Gasteiger partial charge on any atom is 0.352 e. The molecule has 0 saturated carbocycles. The van der Waals surface area contributed by atoms with Crippen LogP contribution >= 0.6 is 11.8 Å². The van der Waals surface area contributed by atoms with E-state index in [1.807, 2.05) is 5.32 Å². The number of esters is 1. The second-order valence-electron chi connectivity index (χ2n) is 8.30. The molecule has 3 unspecified atom stereocenters. The van der Waals surface area contributed by atoms with E-state index in [4.69, 9.17) is 4.74 Å². The van der Waals surface area contributed by atoms with Crippen LogP contribution in [0.4, 0.5) is 9.59 Å². The molecule has 2 fully saturated rings. The van der Waals surface area contributed by atoms with Gasteiger partial charge in [0.25, 0.3) is 5.91 Å². The summed E-state index contributed by atoms with van der Waals surface area (Å²) in [6.07, 6.45) is 0. The van der Waals surface area contributed by atoms with E-state index in [0.717, 1.165) is 9.91 Å². The van der Waals surface area contributed by atoms with Gasteiger partial charge in [0.1, 0.15) is 36.3 Å². The largest absolute Gasteiger partial charge is 0.477 e. The number of imide groups is 1. The Morgan fingerprint density at radius 2 is 1.89 bits per heavy atom. The number of nitrogens with one attached hydrogen (secondary N) is 4. The molecule has 2 saturated heterocycles. The van der Waals surface area contributed by atoms with Crippen LogP contribution in [0, 0.1) is 0 Å². The molecule has 0 radical (unpaired) electrons. The second kappa shape index (κ2) is 10.8. The number of thioether (sulfide) groups is 1. The summed E-state index contributed by atoms with van der Waals surface area (Å²) in [6.45, 7) is 0.489. The SMILES string of the molecule is CC(=O)OCC1=C(C(=O)O)N2C(=O)C(NC(=O)C(NC(=O)NN3CC(=O)NC3=O)c3ccccc3)C2SC1. The highest BCUT2D eigenvalue weighted by Crippen LogP contribution is 2.40. The summed E-state index contributed by atoms with van der Waals surface area (Å²) in [5, 5.41) is 16.6. The number of fused-ring (bicyclic) bond motifs is 1. The molecule has 0 aliphatic carbocycles. The number of hydrazine groups is 1. The van der Waals surface area contributed by atoms with Crippen molar-refractivity contribution in [2.75, 3.05) is 18.9 Å². The number of carbonyl (C=O) groups is 7. The summed E-state index contributed by atoms with van der Waals surface area (Å²) in [4.78, 5) is 85.8. The number of amides is 7. The predicted molar refractivity (Wildman–Crippen MR) is 127 cm³/mol. The van der Waals surface area contributed by atoms with Crippen LogP contribution in [-0.4, -0.2) is 87.1 Å². The van der Waals surface area contributed by atoms with E-state index in [1.54, 1.807) is 30.3 Å². The van der Waals surface area contributed by atoms with Crippen LogP contribution in [0.5, 0.6) is 0 Å². The quantitative estimate of drug-likeness (QED) is 0.150. The van der Waals surface area contributed by atoms with Gasteiger partial charge >= 0.3 is 24.0 Å². The van der Waals surface area contributed by atoms with Gasteiger partial charge in [-0.25, -0.2) is 24.8 Å². The zero-order chi connectivity index (χ0) is 27.6. The topological polar surface area (TPSA) is 204 Å². The number of carbonyl (C=O) groups excluding carboxylic acids is 6. The number of β-lactam (4-membered cyclic amide) rings is 1. The molecule has 3 heterocycles. The number of hydrogen-bond donors (Lipinski definition) is 5. The number of hydrogen-bond acceptors (Lipinski definition) is 9. The van der Waals surface area contributed by atoms with Gasteiger partial charge in [0.2, 0.25) is 11.8 Å². The van der Waals surface area contributed by atoms with Crippen molar-refractivity contribution in [2.45, 2.75) is 24.4 Å². The number of carboxylic acids is 1. The number of aliphatic carboxylic acids is 1. The molecule has 0 aromatic heterocycles. The van der Waals surface area contributed by atoms with Crippen molar-refractivity contribution < 1.29 is 43.4 Å². The van der Waals surface area contributed by atoms with Crippen LogP contribution in [0.1, 0.15) is 18.5 Å². The Morgan fingerprint density at radius 3 is 2.50 bits per heavy atom. The zero-order valence-corrected chi connectivity index (χ0v) is 20.6. The normalized spacial score (nSPS) is 21.1. The first kappa shape index (κ1) is 26.5. The third kappa shape index (κ3) is 5.39. The van der Waals surface area contributed by atoms with E-state index in [1.165, 1.54) is 18.7 Å². The number of carboxylic acid groups (broad SMARTS) is 1. The number of rotatable bonds is 8. The van der Waals surface area contributed by atoms with Crippen molar-refractivity contribution in [1.29, 1.82) is 0 Å². The standard InChI is InChI=1S/C22H22N6O9S/c1-10(29)37-8-12-9-38-19-15(18(32)28(19)16(12)20(33)34)24-17(31)14(11-5-3-2-4-6-11)25-21(35)26-27-7-13(30)23-22(27)36/h2-6,14-15,19H,7-9H2,1H3,(H,24,31)(H,33,34)(H,23,30,36)(H2,25,26,35). The molecule has 3 aliphatic heterocycles. The van der Waals surface area contributed by atoms with E-state index < -0.39 is 65.7 Å². The number of benzene rings is 1. The van der Waals surface area contributed by atoms with Crippen LogP contribution in [-0.2, 0) is 28.7 Å². The molecule has 0 spiro atoms. The number of nitrogens with zero attached hydrogens (tertiary/aromatic N) is 2. The average Bonchev–Trinajstić information content (AvgIpc) is 3.19. The molecular weight excluding hydrogens is 524 g/mol. The summed E-state index contributed by atoms with van der Waals surface area (Å²) in [5.74, 6) is -3.89. The molecule has 1 aromatic rings. The average molecular weight is 547 g/mol. The smallest absolute Gasteiger partial charge is 0.352 e. The molecule has 0 bridgehead atoms. The van der Waals surface area contributed by atoms with Crippen molar-refractivity contribution in [2.24, 2.45) is 0 Å². The van der Waals surface area contributed by atoms with Crippen LogP contribution < -0.4 is 21.4 Å². The van der Waals surface area contributed by atoms with E-state index in [0.29, 0.717) is 5.56 Å². The lowest BCUT2D eigenvalue weighted by Crippen LogP contribution is -2.71. The second-order valence-corrected chi connectivity index (χ2v) is 9.41. The highest BCUT2D eigenvalue weighted by Gasteiger charge is 2.54. The summed E-state index contributed by atoms with van der Waals surface area (Å²) in [7, 11) is 0. The van der Waals surface area contributed by atoms with Gasteiger partial charge in [-0.05, 0) is 5.56 Å². The van der Waals surface area contributed by atoms with Crippen LogP contribution in [0.3, 0.4) is 0 Å². The third-order valence-corrected chi connectivity index (χ3v) is 7.04. The number of ether oxygens (including phenoxy) is 1. The monoisotopic (exact) mass is 546 g/mol. The summed E-state index contributed by atoms with van der Waals surface area (Å²) >= 11 is 1.19. The van der Waals surface area contributed by atoms with E-state index >= 15 is 0 Å². The highest BCUT2D eigenvalue weighted by atomic mass is 32.2. The Hall–Kier alpha value is -4.60. The minimum atomic E-state index is -1.37. The van der Waals surface area contributed by atoms with Crippen LogP contribution in [0.2, 0.25) is 0 Å². The Bertz CT molecular complexity index is 1250. The lowest BCUT2D eigenvalue weighted by molar-refractivity contribution is -0.151. The van der Waals surface area contributed by atoms with E-state index in [-0.39, 0.29) is 23.6 Å². The first-order valence-corrected chi connectivity index (χ1v) is 12.2. The molecule has 200 valence electrons. The minimum absolute atomic E-state index is 0.148. The zero-order valence-electron chi connectivity index (χ0n) is 19.8. The Morgan fingerprint density at radius 1 is 1.18 bits per heavy atom. The van der Waals surface area contributed by atoms with Gasteiger partial charge in [-0.3, -0.25) is 29.4 Å². The molecule has 5 N–H and O–H groups in total. The molecule has 38 heavy (non-hydrogen) atoms. The van der Waals surface area contributed by atoms with Gasteiger partial charge in [-0.2, -0.15) is 0 Å². The lowest BCUT2D eigenvalue weighted by Gasteiger charge is -2.49. The van der Waals surface area contributed by atoms with Crippen molar-refractivity contribution in [3.63, 3.8) is 0 Å². The maximum absolute atomic E-state index is 13.2. The van der Waals surface area contributed by atoms with Gasteiger partial charge in [0.05, 0.1) is 0 Å². The molecule has 1 aromatic carbocycles. The van der Waals surface area contributed by atoms with Gasteiger partial charge in [0, 0.05) is 18.2 Å². The molecular formula is C22H22N6O9S. The van der Waals surface area contributed by atoms with Crippen molar-refractivity contribution in [3.8, 4) is 0 Å². The maximum atomic E-state index is 13.2. The van der Waals surface area contributed by atoms with Gasteiger partial charge in [-0.1, -0.05) is 30.3 Å². The Kier molecular flexibility index (Phi) is 7.52. The fourth-order valence-corrected chi connectivity index (χ4v) is 5.31. The molecule has 16 heteroatoms. The Balaban J connectivity index is 1.47. The van der Waals surface area contributed by atoms with Gasteiger partial charge < -0.3 is 20.5 Å². The number of urea groups is 2. The van der Waals surface area contributed by atoms with Gasteiger partial charge in [-0.15, -0.1) is 11.8 Å². The first-order chi connectivity index (χ1) is 18.1. The van der Waals surface area contributed by atoms with E-state index in [9.17, 15) is 38.7 Å². The Labute approximate surface area is 218 Å². The summed E-state index contributed by atoms with van der Waals surface area (Å²) in [6, 6.07) is 3.89. The van der Waals surface area contributed by atoms with Crippen LogP contribution in [0.15, 0.2) is 41.6 Å². The molecule has 4 rings (SSSR count). The minimum Gasteiger partial charge on any atom is -0.477 e. The fourth-order valence-electron chi connectivity index (χ4n) is 3.98. The molecule has 15 nitrogen and oxygen atoms in total. The van der Waals surface area contributed by atoms with Gasteiger partial charge in [0.15, 0.2) is 0 Å². The molecule has 3 aliphatic rings. The predicted octanol–water partition coefficient (Wildman–Crippen LogP) is -1.20. The van der Waals surface area contributed by atoms with Crippen molar-refractivity contribution in [3.05, 3.63) is 47.2 Å². The van der Waals surface area contributed by atoms with E-state index in [2.05, 4.69) is 16.1 Å². The molecule has 3 atom stereocenters. The fraction of sp³-hybridized carbons (Fsp3) is 0.318. The highest BCUT2D eigenvalue weighted by molar-refractivity contribution is 8.00. The molecule has 7 amide bonds. The van der Waals surface area contributed by atoms with Crippen LogP contribution in [0.25, 0.3) is 0 Å². The summed E-state index contributed by atoms with van der Waals surface area (Å²) < 4.78 is 4.90. The van der Waals surface area contributed by atoms with Crippen molar-refractivity contribution in [1.82, 2.24) is 31.3 Å². The summed E-state index contributed by atoms with van der Waals surface area (Å²) in [5.41, 5.74) is 2.48.